The molecule has 1 aliphatic heterocycles. The fourth-order valence-electron chi connectivity index (χ4n) is 2.40. The second kappa shape index (κ2) is 5.48. The summed E-state index contributed by atoms with van der Waals surface area (Å²) in [6, 6.07) is 4.14. The van der Waals surface area contributed by atoms with Gasteiger partial charge in [-0.15, -0.1) is 0 Å². The Morgan fingerprint density at radius 1 is 1.22 bits per heavy atom. The number of nitrogens with zero attached hydrogens (tertiary/aromatic N) is 1. The first-order chi connectivity index (χ1) is 8.65. The third-order valence-electron chi connectivity index (χ3n) is 3.46. The van der Waals surface area contributed by atoms with Crippen molar-refractivity contribution >= 4 is 5.69 Å². The van der Waals surface area contributed by atoms with Gasteiger partial charge in [0.15, 0.2) is 11.5 Å². The molecule has 1 heterocycles. The smallest absolute Gasteiger partial charge is 0.162 e. The number of fused-ring (bicyclic) bond motifs is 1. The Kier molecular flexibility index (Phi) is 3.97. The normalized spacial score (nSPS) is 17.5. The Morgan fingerprint density at radius 2 is 1.89 bits per heavy atom. The minimum absolute atomic E-state index is 0.558. The van der Waals surface area contributed by atoms with Crippen molar-refractivity contribution < 1.29 is 9.47 Å². The van der Waals surface area contributed by atoms with Crippen molar-refractivity contribution in [2.75, 3.05) is 46.7 Å². The lowest BCUT2D eigenvalue weighted by Gasteiger charge is -2.15. The molecule has 0 unspecified atom stereocenters. The molecule has 1 aromatic rings. The van der Waals surface area contributed by atoms with Crippen LogP contribution in [0.5, 0.6) is 11.5 Å². The fraction of sp³-hybridized carbons (Fsp3) is 0.571. The zero-order chi connectivity index (χ0) is 13.1. The summed E-state index contributed by atoms with van der Waals surface area (Å²) in [6.07, 6.45) is 1.16. The summed E-state index contributed by atoms with van der Waals surface area (Å²) in [4.78, 5) is 2.22. The number of ether oxygens (including phenoxy) is 2. The van der Waals surface area contributed by atoms with Crippen molar-refractivity contribution in [2.24, 2.45) is 0 Å². The predicted octanol–water partition coefficient (Wildman–Crippen LogP) is 2.16. The van der Waals surface area contributed by atoms with Crippen LogP contribution < -0.4 is 14.8 Å². The van der Waals surface area contributed by atoms with Gasteiger partial charge in [-0.2, -0.15) is 0 Å². The second-order valence-corrected chi connectivity index (χ2v) is 4.96. The van der Waals surface area contributed by atoms with Gasteiger partial charge >= 0.3 is 0 Å². The number of benzene rings is 1. The van der Waals surface area contributed by atoms with Crippen molar-refractivity contribution in [3.05, 3.63) is 17.7 Å². The number of hydrogen-bond donors (Lipinski definition) is 1. The number of nitrogens with one attached hydrogen (secondary N) is 1. The van der Waals surface area contributed by atoms with E-state index in [1.165, 1.54) is 11.3 Å². The first-order valence-corrected chi connectivity index (χ1v) is 6.30. The quantitative estimate of drug-likeness (QED) is 0.868. The molecule has 4 nitrogen and oxygen atoms in total. The first-order valence-electron chi connectivity index (χ1n) is 6.30. The molecule has 2 rings (SSSR count). The van der Waals surface area contributed by atoms with Crippen LogP contribution in [0.1, 0.15) is 17.9 Å². The summed E-state index contributed by atoms with van der Waals surface area (Å²) in [5, 5.41) is 3.45. The molecule has 0 aromatic heterocycles. The summed E-state index contributed by atoms with van der Waals surface area (Å²) in [5.74, 6) is 2.16. The Bertz CT molecular complexity index is 419. The van der Waals surface area contributed by atoms with Crippen LogP contribution >= 0.6 is 0 Å². The van der Waals surface area contributed by atoms with Gasteiger partial charge in [0.05, 0.1) is 14.2 Å². The highest BCUT2D eigenvalue weighted by molar-refractivity contribution is 5.65. The van der Waals surface area contributed by atoms with Gasteiger partial charge in [-0.1, -0.05) is 0 Å². The second-order valence-electron chi connectivity index (χ2n) is 4.96. The molecule has 0 radical (unpaired) electrons. The van der Waals surface area contributed by atoms with Gasteiger partial charge in [-0.3, -0.25) is 0 Å². The highest BCUT2D eigenvalue weighted by Gasteiger charge is 2.24. The molecule has 0 fully saturated rings. The Hall–Kier alpha value is -1.42. The maximum Gasteiger partial charge on any atom is 0.162 e. The van der Waals surface area contributed by atoms with E-state index in [1.54, 1.807) is 14.2 Å². The van der Waals surface area contributed by atoms with Crippen LogP contribution in [0.25, 0.3) is 0 Å². The number of methoxy groups -OCH3 is 2. The lowest BCUT2D eigenvalue weighted by Crippen LogP contribution is -2.16. The van der Waals surface area contributed by atoms with Crippen LogP contribution in [0.3, 0.4) is 0 Å². The maximum atomic E-state index is 5.37. The Morgan fingerprint density at radius 3 is 2.50 bits per heavy atom. The molecular formula is C14H22N2O2. The van der Waals surface area contributed by atoms with E-state index in [4.69, 9.17) is 9.47 Å². The molecule has 0 spiro atoms. The fourth-order valence-corrected chi connectivity index (χ4v) is 2.40. The van der Waals surface area contributed by atoms with Crippen molar-refractivity contribution in [1.29, 1.82) is 0 Å². The highest BCUT2D eigenvalue weighted by Crippen LogP contribution is 2.41. The van der Waals surface area contributed by atoms with Crippen molar-refractivity contribution in [2.45, 2.75) is 12.3 Å². The average Bonchev–Trinajstić information content (AvgIpc) is 2.76. The summed E-state index contributed by atoms with van der Waals surface area (Å²) in [5.41, 5.74) is 2.52. The average molecular weight is 250 g/mol. The van der Waals surface area contributed by atoms with E-state index in [2.05, 4.69) is 30.4 Å². The standard InChI is InChI=1S/C14H22N2O2/c1-16(2)6-5-10-9-15-12-8-14(18-4)13(17-3)7-11(10)12/h7-8,10,15H,5-6,9H2,1-4H3/t10-/m1/s1. The zero-order valence-electron chi connectivity index (χ0n) is 11.6. The summed E-state index contributed by atoms with van der Waals surface area (Å²) >= 11 is 0. The molecule has 0 saturated carbocycles. The van der Waals surface area contributed by atoms with Crippen molar-refractivity contribution in [3.63, 3.8) is 0 Å². The van der Waals surface area contributed by atoms with E-state index in [1.807, 2.05) is 6.07 Å². The molecule has 0 bridgehead atoms. The van der Waals surface area contributed by atoms with Crippen LogP contribution in [-0.2, 0) is 0 Å². The van der Waals surface area contributed by atoms with Crippen LogP contribution in [-0.4, -0.2) is 46.3 Å². The van der Waals surface area contributed by atoms with E-state index in [0.29, 0.717) is 5.92 Å². The van der Waals surface area contributed by atoms with E-state index in [9.17, 15) is 0 Å². The molecular weight excluding hydrogens is 228 g/mol. The van der Waals surface area contributed by atoms with Crippen molar-refractivity contribution in [3.8, 4) is 11.5 Å². The predicted molar refractivity (Wildman–Crippen MR) is 73.9 cm³/mol. The van der Waals surface area contributed by atoms with E-state index >= 15 is 0 Å². The van der Waals surface area contributed by atoms with Gasteiger partial charge < -0.3 is 19.7 Å². The largest absolute Gasteiger partial charge is 0.493 e. The Balaban J connectivity index is 2.21. The maximum absolute atomic E-state index is 5.37. The summed E-state index contributed by atoms with van der Waals surface area (Å²) in [6.45, 7) is 2.10. The van der Waals surface area contributed by atoms with E-state index in [0.717, 1.165) is 31.0 Å². The van der Waals surface area contributed by atoms with Gasteiger partial charge in [0, 0.05) is 24.2 Å². The lowest BCUT2D eigenvalue weighted by atomic mass is 9.97. The molecule has 4 heteroatoms. The van der Waals surface area contributed by atoms with Crippen LogP contribution in [0.2, 0.25) is 0 Å². The van der Waals surface area contributed by atoms with Gasteiger partial charge in [0.25, 0.3) is 0 Å². The SMILES string of the molecule is COc1cc2c(cc1OC)[C@H](CCN(C)C)CN2. The zero-order valence-corrected chi connectivity index (χ0v) is 11.6. The molecule has 1 atom stereocenters. The highest BCUT2D eigenvalue weighted by atomic mass is 16.5. The third kappa shape index (κ3) is 2.53. The van der Waals surface area contributed by atoms with Crippen LogP contribution in [0, 0.1) is 0 Å². The summed E-state index contributed by atoms with van der Waals surface area (Å²) in [7, 11) is 7.57. The topological polar surface area (TPSA) is 33.7 Å². The monoisotopic (exact) mass is 250 g/mol. The molecule has 0 aliphatic carbocycles. The summed E-state index contributed by atoms with van der Waals surface area (Å²) < 4.78 is 10.7. The molecule has 1 aliphatic rings. The van der Waals surface area contributed by atoms with Crippen molar-refractivity contribution in [1.82, 2.24) is 4.90 Å². The Labute approximate surface area is 109 Å². The van der Waals surface area contributed by atoms with Gasteiger partial charge in [-0.05, 0) is 38.7 Å². The molecule has 0 amide bonds. The van der Waals surface area contributed by atoms with Crippen LogP contribution in [0.4, 0.5) is 5.69 Å². The van der Waals surface area contributed by atoms with Gasteiger partial charge in [0.2, 0.25) is 0 Å². The minimum atomic E-state index is 0.558. The molecule has 100 valence electrons. The number of rotatable bonds is 5. The van der Waals surface area contributed by atoms with Gasteiger partial charge in [0.1, 0.15) is 0 Å². The number of hydrogen-bond acceptors (Lipinski definition) is 4. The van der Waals surface area contributed by atoms with Gasteiger partial charge in [-0.25, -0.2) is 0 Å². The van der Waals surface area contributed by atoms with E-state index in [-0.39, 0.29) is 0 Å². The molecule has 1 aromatic carbocycles. The number of anilines is 1. The van der Waals surface area contributed by atoms with Crippen LogP contribution in [0.15, 0.2) is 12.1 Å². The molecule has 1 N–H and O–H groups in total. The minimum Gasteiger partial charge on any atom is -0.493 e. The molecule has 0 saturated heterocycles. The molecule has 18 heavy (non-hydrogen) atoms. The van der Waals surface area contributed by atoms with E-state index < -0.39 is 0 Å². The lowest BCUT2D eigenvalue weighted by molar-refractivity contribution is 0.354. The third-order valence-corrected chi connectivity index (χ3v) is 3.46. The first kappa shape index (κ1) is 13.0.